The summed E-state index contributed by atoms with van der Waals surface area (Å²) in [6, 6.07) is 5.79. The maximum Gasteiger partial charge on any atom is 0.323 e. The molecule has 0 saturated carbocycles. The second-order valence-electron chi connectivity index (χ2n) is 5.88. The Morgan fingerprint density at radius 2 is 1.76 bits per heavy atom. The van der Waals surface area contributed by atoms with Gasteiger partial charge in [-0.25, -0.2) is 8.42 Å². The van der Waals surface area contributed by atoms with Crippen molar-refractivity contribution in [1.82, 2.24) is 4.72 Å². The van der Waals surface area contributed by atoms with Crippen LogP contribution in [0.2, 0.25) is 0 Å². The number of sulfonamides is 1. The molecule has 0 amide bonds. The van der Waals surface area contributed by atoms with Gasteiger partial charge in [0.2, 0.25) is 10.0 Å². The molecule has 0 saturated heterocycles. The molecule has 0 bridgehead atoms. The lowest BCUT2D eigenvalue weighted by Crippen LogP contribution is -2.40. The number of hydrogen-bond donors (Lipinski definition) is 1. The quantitative estimate of drug-likeness (QED) is 0.846. The summed E-state index contributed by atoms with van der Waals surface area (Å²) >= 11 is 0. The maximum atomic E-state index is 12.3. The predicted molar refractivity (Wildman–Crippen MR) is 81.6 cm³/mol. The molecule has 0 aliphatic heterocycles. The van der Waals surface area contributed by atoms with Crippen molar-refractivity contribution >= 4 is 16.0 Å². The molecule has 0 spiro atoms. The molecule has 6 heteroatoms. The van der Waals surface area contributed by atoms with Gasteiger partial charge in [0.1, 0.15) is 6.04 Å². The third-order valence-electron chi connectivity index (χ3n) is 3.22. The van der Waals surface area contributed by atoms with Crippen molar-refractivity contribution in [2.75, 3.05) is 7.11 Å². The van der Waals surface area contributed by atoms with E-state index in [1.54, 1.807) is 31.2 Å². The van der Waals surface area contributed by atoms with Gasteiger partial charge in [-0.15, -0.1) is 0 Å². The van der Waals surface area contributed by atoms with E-state index in [0.29, 0.717) is 6.42 Å². The minimum atomic E-state index is -3.74. The fourth-order valence-electron chi connectivity index (χ4n) is 1.83. The Balaban J connectivity index is 3.00. The molecule has 0 aliphatic carbocycles. The zero-order valence-electron chi connectivity index (χ0n) is 13.1. The van der Waals surface area contributed by atoms with Crippen molar-refractivity contribution in [3.05, 3.63) is 29.8 Å². The van der Waals surface area contributed by atoms with Gasteiger partial charge in [-0.05, 0) is 29.5 Å². The van der Waals surface area contributed by atoms with E-state index >= 15 is 0 Å². The van der Waals surface area contributed by atoms with Gasteiger partial charge in [-0.3, -0.25) is 4.79 Å². The summed E-state index contributed by atoms with van der Waals surface area (Å²) < 4.78 is 31.5. The lowest BCUT2D eigenvalue weighted by atomic mass is 9.87. The van der Waals surface area contributed by atoms with Crippen LogP contribution in [0.3, 0.4) is 0 Å². The highest BCUT2D eigenvalue weighted by molar-refractivity contribution is 7.89. The van der Waals surface area contributed by atoms with Crippen LogP contribution < -0.4 is 4.72 Å². The maximum absolute atomic E-state index is 12.3. The molecule has 0 radical (unpaired) electrons. The van der Waals surface area contributed by atoms with Crippen LogP contribution in [0.4, 0.5) is 0 Å². The third-order valence-corrected chi connectivity index (χ3v) is 4.71. The first-order valence-electron chi connectivity index (χ1n) is 6.82. The summed E-state index contributed by atoms with van der Waals surface area (Å²) in [5, 5.41) is 0. The predicted octanol–water partition coefficient (Wildman–Crippen LogP) is 2.21. The normalized spacial score (nSPS) is 13.8. The van der Waals surface area contributed by atoms with Crippen molar-refractivity contribution in [2.45, 2.75) is 50.5 Å². The Labute approximate surface area is 126 Å². The van der Waals surface area contributed by atoms with Crippen molar-refractivity contribution in [2.24, 2.45) is 0 Å². The second kappa shape index (κ2) is 6.58. The van der Waals surface area contributed by atoms with Gasteiger partial charge in [-0.1, -0.05) is 39.8 Å². The van der Waals surface area contributed by atoms with Crippen LogP contribution in [0.15, 0.2) is 29.2 Å². The molecule has 21 heavy (non-hydrogen) atoms. The van der Waals surface area contributed by atoms with Crippen molar-refractivity contribution in [3.8, 4) is 0 Å². The Morgan fingerprint density at radius 1 is 1.24 bits per heavy atom. The molecule has 1 aromatic rings. The summed E-state index contributed by atoms with van der Waals surface area (Å²) in [6.45, 7) is 7.88. The van der Waals surface area contributed by atoms with Crippen LogP contribution in [-0.2, 0) is 25.0 Å². The topological polar surface area (TPSA) is 72.5 Å². The minimum Gasteiger partial charge on any atom is -0.468 e. The van der Waals surface area contributed by atoms with E-state index in [-0.39, 0.29) is 10.3 Å². The SMILES string of the molecule is CCC(NS(=O)(=O)c1ccc(C(C)(C)C)cc1)C(=O)OC. The molecule has 0 aromatic heterocycles. The summed E-state index contributed by atoms with van der Waals surface area (Å²) in [4.78, 5) is 11.6. The fourth-order valence-corrected chi connectivity index (χ4v) is 3.10. The van der Waals surface area contributed by atoms with Gasteiger partial charge < -0.3 is 4.74 Å². The van der Waals surface area contributed by atoms with E-state index < -0.39 is 22.0 Å². The van der Waals surface area contributed by atoms with Crippen molar-refractivity contribution in [3.63, 3.8) is 0 Å². The van der Waals surface area contributed by atoms with E-state index in [9.17, 15) is 13.2 Å². The number of carbonyl (C=O) groups excluding carboxylic acids is 1. The van der Waals surface area contributed by atoms with E-state index in [2.05, 4.69) is 30.2 Å². The lowest BCUT2D eigenvalue weighted by Gasteiger charge is -2.19. The number of hydrogen-bond acceptors (Lipinski definition) is 4. The standard InChI is InChI=1S/C15H23NO4S/c1-6-13(14(17)20-5)16-21(18,19)12-9-7-11(8-10-12)15(2,3)4/h7-10,13,16H,6H2,1-5H3. The summed E-state index contributed by atoms with van der Waals surface area (Å²) in [5.41, 5.74) is 0.995. The van der Waals surface area contributed by atoms with Crippen LogP contribution in [0.1, 0.15) is 39.7 Å². The molecule has 1 rings (SSSR count). The molecule has 0 fully saturated rings. The average Bonchev–Trinajstić information content (AvgIpc) is 2.43. The van der Waals surface area contributed by atoms with Crippen molar-refractivity contribution < 1.29 is 17.9 Å². The van der Waals surface area contributed by atoms with E-state index in [0.717, 1.165) is 5.56 Å². The number of rotatable bonds is 5. The number of methoxy groups -OCH3 is 1. The Kier molecular flexibility index (Phi) is 5.53. The third kappa shape index (κ3) is 4.54. The van der Waals surface area contributed by atoms with Crippen LogP contribution in [0.5, 0.6) is 0 Å². The first kappa shape index (κ1) is 17.7. The molecule has 5 nitrogen and oxygen atoms in total. The zero-order chi connectivity index (χ0) is 16.3. The van der Waals surface area contributed by atoms with Gasteiger partial charge >= 0.3 is 5.97 Å². The van der Waals surface area contributed by atoms with Crippen LogP contribution >= 0.6 is 0 Å². The van der Waals surface area contributed by atoms with Gasteiger partial charge in [0.05, 0.1) is 12.0 Å². The van der Waals surface area contributed by atoms with Gasteiger partial charge in [0.25, 0.3) is 0 Å². The first-order valence-corrected chi connectivity index (χ1v) is 8.31. The average molecular weight is 313 g/mol. The van der Waals surface area contributed by atoms with Gasteiger partial charge in [-0.2, -0.15) is 4.72 Å². The second-order valence-corrected chi connectivity index (χ2v) is 7.59. The van der Waals surface area contributed by atoms with Gasteiger partial charge in [0, 0.05) is 0 Å². The van der Waals surface area contributed by atoms with Crippen LogP contribution in [0, 0.1) is 0 Å². The monoisotopic (exact) mass is 313 g/mol. The van der Waals surface area contributed by atoms with Crippen LogP contribution in [-0.4, -0.2) is 27.5 Å². The molecule has 1 aromatic carbocycles. The summed E-state index contributed by atoms with van der Waals surface area (Å²) in [6.07, 6.45) is 0.325. The Bertz CT molecular complexity index is 585. The highest BCUT2D eigenvalue weighted by atomic mass is 32.2. The molecule has 0 aliphatic rings. The number of nitrogens with one attached hydrogen (secondary N) is 1. The smallest absolute Gasteiger partial charge is 0.323 e. The Morgan fingerprint density at radius 3 is 2.14 bits per heavy atom. The fraction of sp³-hybridized carbons (Fsp3) is 0.533. The minimum absolute atomic E-state index is 0.0479. The summed E-state index contributed by atoms with van der Waals surface area (Å²) in [7, 11) is -2.51. The van der Waals surface area contributed by atoms with E-state index in [1.807, 2.05) is 0 Å². The molecular formula is C15H23NO4S. The molecule has 1 atom stereocenters. The zero-order valence-corrected chi connectivity index (χ0v) is 14.0. The Hall–Kier alpha value is -1.40. The molecule has 0 heterocycles. The van der Waals surface area contributed by atoms with E-state index in [4.69, 9.17) is 0 Å². The molecule has 118 valence electrons. The number of esters is 1. The van der Waals surface area contributed by atoms with Crippen molar-refractivity contribution in [1.29, 1.82) is 0 Å². The first-order chi connectivity index (χ1) is 9.61. The largest absolute Gasteiger partial charge is 0.468 e. The highest BCUT2D eigenvalue weighted by Gasteiger charge is 2.25. The molecule has 1 unspecified atom stereocenters. The van der Waals surface area contributed by atoms with Crippen LogP contribution in [0.25, 0.3) is 0 Å². The number of ether oxygens (including phenoxy) is 1. The number of benzene rings is 1. The highest BCUT2D eigenvalue weighted by Crippen LogP contribution is 2.23. The van der Waals surface area contributed by atoms with Gasteiger partial charge in [0.15, 0.2) is 0 Å². The molecular weight excluding hydrogens is 290 g/mol. The van der Waals surface area contributed by atoms with E-state index in [1.165, 1.54) is 7.11 Å². The molecule has 1 N–H and O–H groups in total. The lowest BCUT2D eigenvalue weighted by molar-refractivity contribution is -0.142. The summed E-state index contributed by atoms with van der Waals surface area (Å²) in [5.74, 6) is -0.590. The number of carbonyl (C=O) groups is 1.